The molecule has 1 N–H and O–H groups in total. The zero-order chi connectivity index (χ0) is 15.3. The van der Waals surface area contributed by atoms with Crippen LogP contribution in [0.2, 0.25) is 0 Å². The van der Waals surface area contributed by atoms with Crippen molar-refractivity contribution in [1.82, 2.24) is 10.2 Å². The summed E-state index contributed by atoms with van der Waals surface area (Å²) >= 11 is 0. The molecule has 1 fully saturated rings. The molecule has 2 rings (SSSR count). The lowest BCUT2D eigenvalue weighted by Crippen LogP contribution is -2.53. The minimum absolute atomic E-state index is 0.186. The molecule has 1 aromatic rings. The third-order valence-corrected chi connectivity index (χ3v) is 4.40. The van der Waals surface area contributed by atoms with Crippen LogP contribution in [0.4, 0.5) is 0 Å². The van der Waals surface area contributed by atoms with Gasteiger partial charge in [-0.3, -0.25) is 4.79 Å². The third kappa shape index (κ3) is 3.18. The Morgan fingerprint density at radius 1 is 1.33 bits per heavy atom. The van der Waals surface area contributed by atoms with Crippen LogP contribution in [0.3, 0.4) is 0 Å². The van der Waals surface area contributed by atoms with Gasteiger partial charge in [0, 0.05) is 12.6 Å². The largest absolute Gasteiger partial charge is 0.336 e. The van der Waals surface area contributed by atoms with E-state index in [1.54, 1.807) is 0 Å². The van der Waals surface area contributed by atoms with Gasteiger partial charge in [-0.25, -0.2) is 0 Å². The molecule has 1 saturated heterocycles. The maximum Gasteiger partial charge on any atom is 0.233 e. The van der Waals surface area contributed by atoms with Gasteiger partial charge in [0.25, 0.3) is 0 Å². The summed E-state index contributed by atoms with van der Waals surface area (Å²) in [4.78, 5) is 15.3. The monoisotopic (exact) mass is 286 g/mol. The lowest BCUT2D eigenvalue weighted by Gasteiger charge is -2.41. The Morgan fingerprint density at radius 2 is 1.95 bits per heavy atom. The molecule has 0 aliphatic carbocycles. The SMILES string of the molecule is C=CCN(C(=O)C1(c2ccccc2)CCNCC1)C(C)C. The van der Waals surface area contributed by atoms with Crippen molar-refractivity contribution in [3.8, 4) is 0 Å². The van der Waals surface area contributed by atoms with E-state index in [2.05, 4.69) is 37.9 Å². The first kappa shape index (κ1) is 15.8. The highest BCUT2D eigenvalue weighted by atomic mass is 16.2. The Balaban J connectivity index is 2.40. The fraction of sp³-hybridized carbons (Fsp3) is 0.500. The fourth-order valence-electron chi connectivity index (χ4n) is 3.18. The molecule has 114 valence electrons. The molecular weight excluding hydrogens is 260 g/mol. The number of benzene rings is 1. The zero-order valence-electron chi connectivity index (χ0n) is 13.1. The van der Waals surface area contributed by atoms with E-state index in [4.69, 9.17) is 0 Å². The van der Waals surface area contributed by atoms with Crippen molar-refractivity contribution >= 4 is 5.91 Å². The summed E-state index contributed by atoms with van der Waals surface area (Å²) in [7, 11) is 0. The van der Waals surface area contributed by atoms with Crippen LogP contribution in [0.1, 0.15) is 32.3 Å². The maximum absolute atomic E-state index is 13.3. The highest BCUT2D eigenvalue weighted by Crippen LogP contribution is 2.36. The second-order valence-electron chi connectivity index (χ2n) is 6.04. The summed E-state index contributed by atoms with van der Waals surface area (Å²) in [5, 5.41) is 3.37. The molecule has 3 heteroatoms. The van der Waals surface area contributed by atoms with E-state index in [1.165, 1.54) is 0 Å². The van der Waals surface area contributed by atoms with Gasteiger partial charge in [0.2, 0.25) is 5.91 Å². The van der Waals surface area contributed by atoms with Crippen LogP contribution < -0.4 is 5.32 Å². The first-order valence-electron chi connectivity index (χ1n) is 7.80. The predicted octanol–water partition coefficient (Wildman–Crippen LogP) is 2.73. The first-order chi connectivity index (χ1) is 10.1. The van der Waals surface area contributed by atoms with Crippen LogP contribution in [-0.2, 0) is 10.2 Å². The number of nitrogens with one attached hydrogen (secondary N) is 1. The molecule has 3 nitrogen and oxygen atoms in total. The molecule has 0 spiro atoms. The van der Waals surface area contributed by atoms with E-state index in [-0.39, 0.29) is 17.4 Å². The molecule has 0 aromatic heterocycles. The van der Waals surface area contributed by atoms with E-state index >= 15 is 0 Å². The summed E-state index contributed by atoms with van der Waals surface area (Å²) in [6.45, 7) is 10.3. The van der Waals surface area contributed by atoms with Gasteiger partial charge in [-0.1, -0.05) is 36.4 Å². The molecule has 0 unspecified atom stereocenters. The van der Waals surface area contributed by atoms with E-state index in [9.17, 15) is 4.79 Å². The van der Waals surface area contributed by atoms with Gasteiger partial charge < -0.3 is 10.2 Å². The first-order valence-corrected chi connectivity index (χ1v) is 7.80. The number of nitrogens with zero attached hydrogens (tertiary/aromatic N) is 1. The van der Waals surface area contributed by atoms with Crippen LogP contribution in [0.5, 0.6) is 0 Å². The molecular formula is C18H26N2O. The predicted molar refractivity (Wildman–Crippen MR) is 87.3 cm³/mol. The minimum Gasteiger partial charge on any atom is -0.336 e. The summed E-state index contributed by atoms with van der Waals surface area (Å²) in [5.41, 5.74) is 0.756. The van der Waals surface area contributed by atoms with Crippen molar-refractivity contribution < 1.29 is 4.79 Å². The Kier molecular flexibility index (Phi) is 5.18. The second kappa shape index (κ2) is 6.90. The summed E-state index contributed by atoms with van der Waals surface area (Å²) in [6.07, 6.45) is 3.53. The molecule has 1 amide bonds. The smallest absolute Gasteiger partial charge is 0.233 e. The van der Waals surface area contributed by atoms with Crippen LogP contribution in [0.15, 0.2) is 43.0 Å². The van der Waals surface area contributed by atoms with Crippen LogP contribution in [0, 0.1) is 0 Å². The normalized spacial score (nSPS) is 17.5. The Hall–Kier alpha value is -1.61. The van der Waals surface area contributed by atoms with Gasteiger partial charge in [-0.15, -0.1) is 6.58 Å². The van der Waals surface area contributed by atoms with E-state index in [1.807, 2.05) is 29.2 Å². The summed E-state index contributed by atoms with van der Waals surface area (Å²) in [5.74, 6) is 0.241. The molecule has 21 heavy (non-hydrogen) atoms. The van der Waals surface area contributed by atoms with Gasteiger partial charge in [-0.05, 0) is 45.3 Å². The Morgan fingerprint density at radius 3 is 2.48 bits per heavy atom. The Bertz CT molecular complexity index is 475. The quantitative estimate of drug-likeness (QED) is 0.844. The molecule has 1 aromatic carbocycles. The molecule has 1 aliphatic rings. The van der Waals surface area contributed by atoms with Crippen LogP contribution in [-0.4, -0.2) is 36.5 Å². The fourth-order valence-corrected chi connectivity index (χ4v) is 3.18. The minimum atomic E-state index is -0.389. The van der Waals surface area contributed by atoms with Crippen molar-refractivity contribution in [2.24, 2.45) is 0 Å². The second-order valence-corrected chi connectivity index (χ2v) is 6.04. The average Bonchev–Trinajstić information content (AvgIpc) is 2.53. The van der Waals surface area contributed by atoms with Crippen molar-refractivity contribution in [1.29, 1.82) is 0 Å². The van der Waals surface area contributed by atoms with Crippen molar-refractivity contribution in [2.75, 3.05) is 19.6 Å². The van der Waals surface area contributed by atoms with Crippen LogP contribution in [0.25, 0.3) is 0 Å². The molecule has 0 atom stereocenters. The summed E-state index contributed by atoms with van der Waals surface area (Å²) in [6, 6.07) is 10.4. The summed E-state index contributed by atoms with van der Waals surface area (Å²) < 4.78 is 0. The standard InChI is InChI=1S/C18H26N2O/c1-4-14-20(15(2)3)17(21)18(10-12-19-13-11-18)16-8-6-5-7-9-16/h4-9,15,19H,1,10-14H2,2-3H3. The number of carbonyl (C=O) groups excluding carboxylic acids is 1. The molecule has 0 saturated carbocycles. The maximum atomic E-state index is 13.3. The lowest BCUT2D eigenvalue weighted by atomic mass is 9.72. The van der Waals surface area contributed by atoms with E-state index in [0.29, 0.717) is 6.54 Å². The molecule has 1 aliphatic heterocycles. The topological polar surface area (TPSA) is 32.3 Å². The van der Waals surface area contributed by atoms with E-state index < -0.39 is 0 Å². The highest BCUT2D eigenvalue weighted by Gasteiger charge is 2.43. The van der Waals surface area contributed by atoms with Gasteiger partial charge in [0.05, 0.1) is 5.41 Å². The molecule has 0 radical (unpaired) electrons. The van der Waals surface area contributed by atoms with Crippen molar-refractivity contribution in [3.05, 3.63) is 48.6 Å². The van der Waals surface area contributed by atoms with Gasteiger partial charge >= 0.3 is 0 Å². The molecule has 0 bridgehead atoms. The van der Waals surface area contributed by atoms with Gasteiger partial charge in [0.15, 0.2) is 0 Å². The van der Waals surface area contributed by atoms with E-state index in [0.717, 1.165) is 31.5 Å². The Labute approximate surface area is 128 Å². The average molecular weight is 286 g/mol. The van der Waals surface area contributed by atoms with Crippen molar-refractivity contribution in [3.63, 3.8) is 0 Å². The van der Waals surface area contributed by atoms with Crippen molar-refractivity contribution in [2.45, 2.75) is 38.1 Å². The van der Waals surface area contributed by atoms with Gasteiger partial charge in [-0.2, -0.15) is 0 Å². The number of hydrogen-bond acceptors (Lipinski definition) is 2. The third-order valence-electron chi connectivity index (χ3n) is 4.40. The number of carbonyl (C=O) groups is 1. The van der Waals surface area contributed by atoms with Gasteiger partial charge in [0.1, 0.15) is 0 Å². The van der Waals surface area contributed by atoms with Crippen LogP contribution >= 0.6 is 0 Å². The number of piperidine rings is 1. The number of amides is 1. The number of rotatable bonds is 5. The zero-order valence-corrected chi connectivity index (χ0v) is 13.1. The number of hydrogen-bond donors (Lipinski definition) is 1. The lowest BCUT2D eigenvalue weighted by molar-refractivity contribution is -0.139. The highest BCUT2D eigenvalue weighted by molar-refractivity contribution is 5.89. The molecule has 1 heterocycles.